The molecule has 0 unspecified atom stereocenters. The summed E-state index contributed by atoms with van der Waals surface area (Å²) in [6.45, 7) is 1.32. The van der Waals surface area contributed by atoms with Crippen molar-refractivity contribution in [3.63, 3.8) is 0 Å². The van der Waals surface area contributed by atoms with Gasteiger partial charge in [-0.2, -0.15) is 0 Å². The van der Waals surface area contributed by atoms with Crippen molar-refractivity contribution in [1.82, 2.24) is 16.2 Å². The number of hydrogen-bond donors (Lipinski definition) is 3. The molecule has 0 aliphatic carbocycles. The van der Waals surface area contributed by atoms with Crippen LogP contribution >= 0.6 is 55.7 Å². The molecule has 2 rings (SSSR count). The second kappa shape index (κ2) is 11.3. The van der Waals surface area contributed by atoms with Crippen LogP contribution in [0.3, 0.4) is 0 Å². The van der Waals surface area contributed by atoms with E-state index in [1.165, 1.54) is 0 Å². The van der Waals surface area contributed by atoms with Crippen LogP contribution in [0.4, 0.5) is 0 Å². The molecule has 0 bridgehead atoms. The molecule has 0 aromatic heterocycles. The summed E-state index contributed by atoms with van der Waals surface area (Å²) in [7, 11) is 0. The van der Waals surface area contributed by atoms with Gasteiger partial charge in [-0.05, 0) is 77.0 Å². The number of carbonyl (C=O) groups excluding carboxylic acids is 2. The quantitative estimate of drug-likeness (QED) is 0.366. The van der Waals surface area contributed by atoms with E-state index in [2.05, 4.69) is 48.0 Å². The molecule has 0 saturated carbocycles. The molecule has 29 heavy (non-hydrogen) atoms. The molecule has 0 fully saturated rings. The van der Waals surface area contributed by atoms with Gasteiger partial charge in [-0.1, -0.05) is 27.5 Å². The average molecular weight is 566 g/mol. The molecular weight excluding hydrogens is 550 g/mol. The summed E-state index contributed by atoms with van der Waals surface area (Å²) in [5.41, 5.74) is 5.55. The van der Waals surface area contributed by atoms with Crippen LogP contribution in [-0.2, 0) is 9.59 Å². The Morgan fingerprint density at radius 2 is 1.66 bits per heavy atom. The first-order valence-corrected chi connectivity index (χ1v) is 10.5. The van der Waals surface area contributed by atoms with Crippen molar-refractivity contribution >= 4 is 72.6 Å². The van der Waals surface area contributed by atoms with E-state index in [9.17, 15) is 9.59 Å². The summed E-state index contributed by atoms with van der Waals surface area (Å²) >= 11 is 17.5. The largest absolute Gasteiger partial charge is 0.483 e. The molecule has 154 valence electrons. The fourth-order valence-electron chi connectivity index (χ4n) is 2.01. The summed E-state index contributed by atoms with van der Waals surface area (Å²) < 4.78 is 12.4. The van der Waals surface area contributed by atoms with Crippen LogP contribution in [0.2, 0.25) is 5.02 Å². The minimum Gasteiger partial charge on any atom is -0.483 e. The summed E-state index contributed by atoms with van der Waals surface area (Å²) in [6.07, 6.45) is 0. The van der Waals surface area contributed by atoms with E-state index in [0.717, 1.165) is 10.0 Å². The minimum atomic E-state index is -0.485. The van der Waals surface area contributed by atoms with Crippen LogP contribution in [0, 0.1) is 6.92 Å². The second-order valence-corrected chi connectivity index (χ2v) is 8.23. The highest BCUT2D eigenvalue weighted by atomic mass is 79.9. The van der Waals surface area contributed by atoms with Gasteiger partial charge in [0, 0.05) is 9.50 Å². The molecule has 7 nitrogen and oxygen atoms in total. The number of thiocarbonyl (C=S) groups is 1. The molecule has 0 spiro atoms. The number of carbonyl (C=O) groups is 2. The van der Waals surface area contributed by atoms with Crippen LogP contribution in [0.5, 0.6) is 11.5 Å². The van der Waals surface area contributed by atoms with Gasteiger partial charge in [0.15, 0.2) is 18.3 Å². The van der Waals surface area contributed by atoms with Gasteiger partial charge in [0.1, 0.15) is 11.5 Å². The first-order valence-electron chi connectivity index (χ1n) is 8.10. The Kier molecular flexibility index (Phi) is 9.15. The molecule has 2 aromatic rings. The Balaban J connectivity index is 1.68. The Labute approximate surface area is 194 Å². The molecule has 2 aromatic carbocycles. The molecule has 3 N–H and O–H groups in total. The third-order valence-corrected chi connectivity index (χ3v) is 4.87. The minimum absolute atomic E-state index is 0.0791. The van der Waals surface area contributed by atoms with E-state index in [0.29, 0.717) is 21.0 Å². The van der Waals surface area contributed by atoms with Gasteiger partial charge in [-0.25, -0.2) is 0 Å². The Morgan fingerprint density at radius 3 is 2.34 bits per heavy atom. The lowest BCUT2D eigenvalue weighted by molar-refractivity contribution is -0.124. The van der Waals surface area contributed by atoms with E-state index in [1.54, 1.807) is 36.4 Å². The molecule has 0 saturated heterocycles. The molecule has 0 atom stereocenters. The van der Waals surface area contributed by atoms with Gasteiger partial charge in [-0.3, -0.25) is 25.8 Å². The number of nitrogens with one attached hydrogen (secondary N) is 3. The lowest BCUT2D eigenvalue weighted by Crippen LogP contribution is -2.50. The van der Waals surface area contributed by atoms with Gasteiger partial charge < -0.3 is 9.47 Å². The fraction of sp³-hybridized carbons (Fsp3) is 0.167. The zero-order valence-corrected chi connectivity index (χ0v) is 19.8. The highest BCUT2D eigenvalue weighted by Gasteiger charge is 2.09. The van der Waals surface area contributed by atoms with Crippen LogP contribution in [-0.4, -0.2) is 30.1 Å². The van der Waals surface area contributed by atoms with Crippen molar-refractivity contribution in [2.24, 2.45) is 0 Å². The van der Waals surface area contributed by atoms with E-state index in [-0.39, 0.29) is 18.3 Å². The summed E-state index contributed by atoms with van der Waals surface area (Å²) in [6, 6.07) is 10.4. The standard InChI is InChI=1S/C18H16Br2ClN3O4S/c1-10-6-12(21)3-5-14(10)27-8-16(25)22-18(29)24-23-17(26)9-28-15-4-2-11(19)7-13(15)20/h2-7H,8-9H2,1H3,(H,23,26)(H2,22,24,25,29). The first-order chi connectivity index (χ1) is 13.7. The maximum Gasteiger partial charge on any atom is 0.276 e. The monoisotopic (exact) mass is 563 g/mol. The first kappa shape index (κ1) is 23.4. The molecule has 0 radical (unpaired) electrons. The molecule has 0 heterocycles. The fourth-order valence-corrected chi connectivity index (χ4v) is 3.56. The van der Waals surface area contributed by atoms with Crippen LogP contribution < -0.4 is 25.6 Å². The maximum atomic E-state index is 11.9. The maximum absolute atomic E-state index is 11.9. The molecule has 2 amide bonds. The number of amides is 2. The van der Waals surface area contributed by atoms with Crippen LogP contribution in [0.15, 0.2) is 45.3 Å². The topological polar surface area (TPSA) is 88.7 Å². The predicted octanol–water partition coefficient (Wildman–Crippen LogP) is 3.65. The number of rotatable bonds is 6. The highest BCUT2D eigenvalue weighted by Crippen LogP contribution is 2.28. The Hall–Kier alpha value is -1.88. The number of aryl methyl sites for hydroxylation is 1. The van der Waals surface area contributed by atoms with Crippen molar-refractivity contribution < 1.29 is 19.1 Å². The molecule has 0 aliphatic rings. The van der Waals surface area contributed by atoms with Crippen LogP contribution in [0.1, 0.15) is 5.56 Å². The van der Waals surface area contributed by atoms with Gasteiger partial charge in [0.05, 0.1) is 4.47 Å². The van der Waals surface area contributed by atoms with E-state index >= 15 is 0 Å². The Bertz CT molecular complexity index is 930. The molecular formula is C18H16Br2ClN3O4S. The zero-order valence-electron chi connectivity index (χ0n) is 15.1. The second-order valence-electron chi connectivity index (χ2n) is 5.61. The van der Waals surface area contributed by atoms with Gasteiger partial charge >= 0.3 is 0 Å². The van der Waals surface area contributed by atoms with Crippen molar-refractivity contribution in [2.45, 2.75) is 6.92 Å². The number of benzene rings is 2. The van der Waals surface area contributed by atoms with Gasteiger partial charge in [0.25, 0.3) is 11.8 Å². The van der Waals surface area contributed by atoms with Crippen molar-refractivity contribution in [1.29, 1.82) is 0 Å². The number of hydrazine groups is 1. The normalized spacial score (nSPS) is 10.1. The number of halogens is 3. The third-order valence-electron chi connectivity index (χ3n) is 3.32. The smallest absolute Gasteiger partial charge is 0.276 e. The van der Waals surface area contributed by atoms with E-state index in [1.807, 2.05) is 6.92 Å². The highest BCUT2D eigenvalue weighted by molar-refractivity contribution is 9.11. The molecule has 11 heteroatoms. The summed E-state index contributed by atoms with van der Waals surface area (Å²) in [5, 5.41) is 2.89. The average Bonchev–Trinajstić information content (AvgIpc) is 2.65. The third kappa shape index (κ3) is 8.17. The van der Waals surface area contributed by atoms with Crippen molar-refractivity contribution in [3.05, 3.63) is 55.9 Å². The lowest BCUT2D eigenvalue weighted by Gasteiger charge is -2.13. The zero-order chi connectivity index (χ0) is 21.4. The summed E-state index contributed by atoms with van der Waals surface area (Å²) in [5.74, 6) is 0.0763. The van der Waals surface area contributed by atoms with E-state index in [4.69, 9.17) is 33.3 Å². The summed E-state index contributed by atoms with van der Waals surface area (Å²) in [4.78, 5) is 23.7. The Morgan fingerprint density at radius 1 is 1.00 bits per heavy atom. The van der Waals surface area contributed by atoms with Crippen molar-refractivity contribution in [3.8, 4) is 11.5 Å². The van der Waals surface area contributed by atoms with Crippen LogP contribution in [0.25, 0.3) is 0 Å². The van der Waals surface area contributed by atoms with Gasteiger partial charge in [0.2, 0.25) is 0 Å². The lowest BCUT2D eigenvalue weighted by atomic mass is 10.2. The predicted molar refractivity (Wildman–Crippen MR) is 121 cm³/mol. The van der Waals surface area contributed by atoms with E-state index < -0.39 is 11.8 Å². The SMILES string of the molecule is Cc1cc(Cl)ccc1OCC(=O)NC(=S)NNC(=O)COc1ccc(Br)cc1Br. The van der Waals surface area contributed by atoms with Crippen molar-refractivity contribution in [2.75, 3.05) is 13.2 Å². The molecule has 0 aliphatic heterocycles. The number of hydrogen-bond acceptors (Lipinski definition) is 5. The number of ether oxygens (including phenoxy) is 2. The van der Waals surface area contributed by atoms with Gasteiger partial charge in [-0.15, -0.1) is 0 Å².